The van der Waals surface area contributed by atoms with Gasteiger partial charge in [0.25, 0.3) is 6.71 Å². The minimum absolute atomic E-state index is 0.0408. The van der Waals surface area contributed by atoms with Crippen molar-refractivity contribution in [3.05, 3.63) is 272 Å². The van der Waals surface area contributed by atoms with E-state index >= 15 is 0 Å². The zero-order valence-electron chi connectivity index (χ0n) is 44.7. The fraction of sp³-hybridized carbons (Fsp3) is 0.0548. The Bertz CT molecular complexity index is 4490. The lowest BCUT2D eigenvalue weighted by Crippen LogP contribution is -2.61. The molecule has 15 rings (SSSR count). The van der Waals surface area contributed by atoms with Gasteiger partial charge in [0.1, 0.15) is 0 Å². The van der Waals surface area contributed by atoms with Gasteiger partial charge in [0, 0.05) is 67.2 Å². The monoisotopic (exact) mass is 1020 g/mol. The van der Waals surface area contributed by atoms with E-state index in [0.717, 1.165) is 67.0 Å². The standard InChI is InChI=1S/C73H53BN6/c1-73(2,3)53-43-44-63-59(47-53)57-33-13-16-38-62(57)80(63)69-56(34-21-35-58(69)72-76-70(48-23-7-4-8-24-48)75-71(77-72)49-25-9-5-10-26-49)52-29-19-27-50(45-52)51-28-20-32-55(46-51)79-65-40-18-15-37-61(65)74-60-36-14-17-39-64(60)78(54-30-11-6-12-31-54)66-41-22-42-67(79)68(66)74/h4-47H,1-3H3. The fourth-order valence-corrected chi connectivity index (χ4v) is 12.5. The molecule has 0 radical (unpaired) electrons. The Kier molecular flexibility index (Phi) is 11.1. The summed E-state index contributed by atoms with van der Waals surface area (Å²) in [4.78, 5) is 20.8. The van der Waals surface area contributed by atoms with E-state index in [1.807, 2.05) is 36.4 Å². The average molecular weight is 1030 g/mol. The number of fused-ring (bicyclic) bond motifs is 7. The first kappa shape index (κ1) is 47.1. The summed E-state index contributed by atoms with van der Waals surface area (Å²) in [5, 5.41) is 2.39. The van der Waals surface area contributed by atoms with Gasteiger partial charge in [-0.15, -0.1) is 0 Å². The van der Waals surface area contributed by atoms with Gasteiger partial charge < -0.3 is 14.4 Å². The number of para-hydroxylation sites is 5. The molecular formula is C73H53BN6. The lowest BCUT2D eigenvalue weighted by atomic mass is 9.33. The van der Waals surface area contributed by atoms with Crippen molar-refractivity contribution in [2.24, 2.45) is 0 Å². The lowest BCUT2D eigenvalue weighted by Gasteiger charge is -2.44. The molecule has 4 heterocycles. The summed E-state index contributed by atoms with van der Waals surface area (Å²) in [7, 11) is 0. The molecule has 0 atom stereocenters. The average Bonchev–Trinajstić information content (AvgIpc) is 3.85. The zero-order chi connectivity index (χ0) is 53.5. The van der Waals surface area contributed by atoms with Crippen LogP contribution in [0.5, 0.6) is 0 Å². The van der Waals surface area contributed by atoms with Crippen LogP contribution in [0.4, 0.5) is 34.1 Å². The van der Waals surface area contributed by atoms with Crippen molar-refractivity contribution in [2.75, 3.05) is 9.80 Å². The number of nitrogens with zero attached hydrogens (tertiary/aromatic N) is 6. The van der Waals surface area contributed by atoms with Gasteiger partial charge in [-0.1, -0.05) is 209 Å². The normalized spacial score (nSPS) is 12.6. The first-order chi connectivity index (χ1) is 39.3. The Morgan fingerprint density at radius 1 is 0.338 bits per heavy atom. The second-order valence-electron chi connectivity index (χ2n) is 22.0. The summed E-state index contributed by atoms with van der Waals surface area (Å²) >= 11 is 0. The highest BCUT2D eigenvalue weighted by molar-refractivity contribution is 7.00. The van der Waals surface area contributed by atoms with Crippen LogP contribution in [0.2, 0.25) is 0 Å². The van der Waals surface area contributed by atoms with Crippen LogP contribution in [0.15, 0.2) is 267 Å². The molecule has 0 saturated heterocycles. The molecule has 378 valence electrons. The number of rotatable bonds is 8. The van der Waals surface area contributed by atoms with Crippen molar-refractivity contribution >= 4 is 79.0 Å². The summed E-state index contributed by atoms with van der Waals surface area (Å²) in [6, 6.07) is 96.4. The van der Waals surface area contributed by atoms with Gasteiger partial charge in [0.05, 0.1) is 16.7 Å². The van der Waals surface area contributed by atoms with Crippen LogP contribution in [0, 0.1) is 0 Å². The van der Waals surface area contributed by atoms with Gasteiger partial charge in [-0.2, -0.15) is 0 Å². The molecule has 13 aromatic rings. The van der Waals surface area contributed by atoms with Crippen molar-refractivity contribution in [1.29, 1.82) is 0 Å². The Morgan fingerprint density at radius 3 is 1.49 bits per heavy atom. The third-order valence-corrected chi connectivity index (χ3v) is 16.2. The minimum Gasteiger partial charge on any atom is -0.311 e. The first-order valence-electron chi connectivity index (χ1n) is 27.6. The van der Waals surface area contributed by atoms with Crippen molar-refractivity contribution in [2.45, 2.75) is 26.2 Å². The molecule has 6 nitrogen and oxygen atoms in total. The number of hydrogen-bond acceptors (Lipinski definition) is 5. The Labute approximate surface area is 466 Å². The van der Waals surface area contributed by atoms with E-state index in [1.54, 1.807) is 0 Å². The topological polar surface area (TPSA) is 50.1 Å². The first-order valence-corrected chi connectivity index (χ1v) is 27.6. The molecule has 0 bridgehead atoms. The van der Waals surface area contributed by atoms with E-state index in [9.17, 15) is 0 Å². The Morgan fingerprint density at radius 2 is 0.812 bits per heavy atom. The van der Waals surface area contributed by atoms with E-state index < -0.39 is 0 Å². The smallest absolute Gasteiger partial charge is 0.252 e. The van der Waals surface area contributed by atoms with Crippen LogP contribution in [0.1, 0.15) is 26.3 Å². The van der Waals surface area contributed by atoms with E-state index in [2.05, 4.69) is 266 Å². The summed E-state index contributed by atoms with van der Waals surface area (Å²) in [6.07, 6.45) is 0. The molecule has 0 amide bonds. The van der Waals surface area contributed by atoms with Crippen molar-refractivity contribution in [3.8, 4) is 62.1 Å². The van der Waals surface area contributed by atoms with E-state index in [4.69, 9.17) is 15.0 Å². The van der Waals surface area contributed by atoms with Gasteiger partial charge in [0.15, 0.2) is 17.5 Å². The molecule has 2 aliphatic rings. The predicted molar refractivity (Wildman–Crippen MR) is 334 cm³/mol. The summed E-state index contributed by atoms with van der Waals surface area (Å²) < 4.78 is 2.45. The van der Waals surface area contributed by atoms with Gasteiger partial charge >= 0.3 is 0 Å². The largest absolute Gasteiger partial charge is 0.311 e. The van der Waals surface area contributed by atoms with E-state index in [0.29, 0.717) is 17.5 Å². The van der Waals surface area contributed by atoms with E-state index in [-0.39, 0.29) is 12.1 Å². The molecule has 0 aliphatic carbocycles. The second kappa shape index (κ2) is 18.8. The van der Waals surface area contributed by atoms with Crippen LogP contribution in [-0.4, -0.2) is 26.2 Å². The van der Waals surface area contributed by atoms with Crippen molar-refractivity contribution < 1.29 is 0 Å². The van der Waals surface area contributed by atoms with E-state index in [1.165, 1.54) is 55.5 Å². The Hall–Kier alpha value is -10.1. The van der Waals surface area contributed by atoms with Gasteiger partial charge in [-0.25, -0.2) is 15.0 Å². The summed E-state index contributed by atoms with van der Waals surface area (Å²) in [5.41, 5.74) is 22.5. The molecule has 0 spiro atoms. The van der Waals surface area contributed by atoms with Gasteiger partial charge in [-0.05, 0) is 123 Å². The van der Waals surface area contributed by atoms with Crippen LogP contribution >= 0.6 is 0 Å². The third-order valence-electron chi connectivity index (χ3n) is 16.2. The minimum atomic E-state index is -0.0408. The molecule has 0 fully saturated rings. The highest BCUT2D eigenvalue weighted by Gasteiger charge is 2.43. The van der Waals surface area contributed by atoms with Crippen LogP contribution in [0.25, 0.3) is 83.9 Å². The molecule has 80 heavy (non-hydrogen) atoms. The predicted octanol–water partition coefficient (Wildman–Crippen LogP) is 16.7. The van der Waals surface area contributed by atoms with Gasteiger partial charge in [-0.3, -0.25) is 0 Å². The highest BCUT2D eigenvalue weighted by Crippen LogP contribution is 2.46. The molecule has 2 aliphatic heterocycles. The number of hydrogen-bond donors (Lipinski definition) is 0. The van der Waals surface area contributed by atoms with Crippen LogP contribution < -0.4 is 26.2 Å². The maximum atomic E-state index is 5.37. The number of aromatic nitrogens is 4. The Balaban J connectivity index is 0.920. The van der Waals surface area contributed by atoms with Crippen molar-refractivity contribution in [3.63, 3.8) is 0 Å². The van der Waals surface area contributed by atoms with Crippen LogP contribution in [-0.2, 0) is 5.41 Å². The molecule has 0 unspecified atom stereocenters. The summed E-state index contributed by atoms with van der Waals surface area (Å²) in [6.45, 7) is 6.92. The number of benzene rings is 11. The SMILES string of the molecule is CC(C)(C)c1ccc2c(c1)c1ccccc1n2-c1c(-c2cccc(-c3cccc(N4c5ccccc5B5c6ccccc6N(c6ccccc6)c6cccc4c65)c3)c2)cccc1-c1nc(-c2ccccc2)nc(-c2ccccc2)n1. The third kappa shape index (κ3) is 7.76. The number of anilines is 6. The fourth-order valence-electron chi connectivity index (χ4n) is 12.5. The molecule has 11 aromatic carbocycles. The van der Waals surface area contributed by atoms with Crippen molar-refractivity contribution in [1.82, 2.24) is 19.5 Å². The maximum Gasteiger partial charge on any atom is 0.252 e. The maximum absolute atomic E-state index is 5.37. The lowest BCUT2D eigenvalue weighted by molar-refractivity contribution is 0.591. The molecule has 7 heteroatoms. The second-order valence-corrected chi connectivity index (χ2v) is 22.0. The zero-order valence-corrected chi connectivity index (χ0v) is 44.7. The highest BCUT2D eigenvalue weighted by atomic mass is 15.2. The molecule has 0 saturated carbocycles. The van der Waals surface area contributed by atoms with Gasteiger partial charge in [0.2, 0.25) is 0 Å². The summed E-state index contributed by atoms with van der Waals surface area (Å²) in [5.74, 6) is 1.83. The van der Waals surface area contributed by atoms with Crippen LogP contribution in [0.3, 0.4) is 0 Å². The quantitative estimate of drug-likeness (QED) is 0.142. The molecular weight excluding hydrogens is 972 g/mol. The molecule has 0 N–H and O–H groups in total. The molecule has 2 aromatic heterocycles.